The Kier molecular flexibility index (Phi) is 8.76. The molecule has 0 spiro atoms. The van der Waals surface area contributed by atoms with Crippen molar-refractivity contribution in [3.05, 3.63) is 29.8 Å². The van der Waals surface area contributed by atoms with Crippen LogP contribution >= 0.6 is 0 Å². The number of benzene rings is 1. The van der Waals surface area contributed by atoms with E-state index in [9.17, 15) is 4.79 Å². The number of rotatable bonds is 9. The first-order valence-electron chi connectivity index (χ1n) is 9.20. The molecule has 1 aromatic carbocycles. The van der Waals surface area contributed by atoms with Crippen LogP contribution in [0, 0.1) is 0 Å². The van der Waals surface area contributed by atoms with Gasteiger partial charge in [-0.3, -0.25) is 0 Å². The molecule has 25 heavy (non-hydrogen) atoms. The normalized spacial score (nSPS) is 13.8. The molecule has 0 bridgehead atoms. The number of carbonyl (C=O) groups excluding carboxylic acids is 1. The average Bonchev–Trinajstić information content (AvgIpc) is 2.52. The Labute approximate surface area is 152 Å². The number of nitrogens with one attached hydrogen (secondary N) is 2. The quantitative estimate of drug-likeness (QED) is 0.692. The molecule has 0 aliphatic carbocycles. The van der Waals surface area contributed by atoms with E-state index >= 15 is 0 Å². The molecule has 0 fully saturated rings. The molecule has 2 atom stereocenters. The highest BCUT2D eigenvalue weighted by atomic mass is 16.6. The Morgan fingerprint density at radius 3 is 2.32 bits per heavy atom. The summed E-state index contributed by atoms with van der Waals surface area (Å²) in [6.07, 6.45) is 1.66. The van der Waals surface area contributed by atoms with Crippen molar-refractivity contribution >= 4 is 6.09 Å². The van der Waals surface area contributed by atoms with Crippen LogP contribution < -0.4 is 15.4 Å². The van der Waals surface area contributed by atoms with E-state index in [2.05, 4.69) is 36.6 Å². The maximum atomic E-state index is 11.8. The van der Waals surface area contributed by atoms with Crippen LogP contribution in [0.3, 0.4) is 0 Å². The van der Waals surface area contributed by atoms with E-state index in [-0.39, 0.29) is 18.2 Å². The molecule has 0 saturated heterocycles. The molecule has 0 saturated carbocycles. The van der Waals surface area contributed by atoms with Crippen molar-refractivity contribution in [3.8, 4) is 5.75 Å². The Hall–Kier alpha value is -1.75. The van der Waals surface area contributed by atoms with Crippen LogP contribution in [0.2, 0.25) is 0 Å². The van der Waals surface area contributed by atoms with Gasteiger partial charge in [-0.15, -0.1) is 0 Å². The fraction of sp³-hybridized carbons (Fsp3) is 0.650. The monoisotopic (exact) mass is 350 g/mol. The van der Waals surface area contributed by atoms with Crippen molar-refractivity contribution in [2.45, 2.75) is 72.1 Å². The minimum atomic E-state index is -0.479. The summed E-state index contributed by atoms with van der Waals surface area (Å²) in [5, 5.41) is 6.46. The summed E-state index contributed by atoms with van der Waals surface area (Å²) in [6.45, 7) is 13.1. The first kappa shape index (κ1) is 21.3. The van der Waals surface area contributed by atoms with Gasteiger partial charge in [-0.2, -0.15) is 0 Å². The fourth-order valence-electron chi connectivity index (χ4n) is 2.58. The molecule has 5 heteroatoms. The Balaban J connectivity index is 2.56. The van der Waals surface area contributed by atoms with Gasteiger partial charge in [0.2, 0.25) is 0 Å². The molecule has 5 nitrogen and oxygen atoms in total. The van der Waals surface area contributed by atoms with E-state index in [1.54, 1.807) is 0 Å². The number of amides is 1. The molecule has 1 rings (SSSR count). The zero-order chi connectivity index (χ0) is 18.9. The summed E-state index contributed by atoms with van der Waals surface area (Å²) in [6, 6.07) is 8.52. The van der Waals surface area contributed by atoms with Crippen LogP contribution in [0.25, 0.3) is 0 Å². The van der Waals surface area contributed by atoms with Gasteiger partial charge >= 0.3 is 6.09 Å². The van der Waals surface area contributed by atoms with Crippen molar-refractivity contribution in [2.75, 3.05) is 13.2 Å². The molecule has 1 aromatic rings. The van der Waals surface area contributed by atoms with Gasteiger partial charge in [0.25, 0.3) is 0 Å². The highest BCUT2D eigenvalue weighted by Gasteiger charge is 2.18. The van der Waals surface area contributed by atoms with Gasteiger partial charge in [-0.05, 0) is 58.7 Å². The first-order valence-corrected chi connectivity index (χ1v) is 9.20. The topological polar surface area (TPSA) is 59.6 Å². The lowest BCUT2D eigenvalue weighted by molar-refractivity contribution is 0.0521. The van der Waals surface area contributed by atoms with Crippen LogP contribution in [0.5, 0.6) is 5.75 Å². The summed E-state index contributed by atoms with van der Waals surface area (Å²) in [4.78, 5) is 11.8. The molecular formula is C20H34N2O3. The zero-order valence-electron chi connectivity index (χ0n) is 16.5. The molecule has 0 radical (unpaired) electrons. The fourth-order valence-corrected chi connectivity index (χ4v) is 2.58. The van der Waals surface area contributed by atoms with Gasteiger partial charge in [0.05, 0.1) is 6.61 Å². The smallest absolute Gasteiger partial charge is 0.407 e. The molecule has 2 unspecified atom stereocenters. The van der Waals surface area contributed by atoms with Crippen LogP contribution in [0.4, 0.5) is 4.79 Å². The summed E-state index contributed by atoms with van der Waals surface area (Å²) in [7, 11) is 0. The number of hydrogen-bond acceptors (Lipinski definition) is 4. The minimum Gasteiger partial charge on any atom is -0.494 e. The number of hydrogen-bond donors (Lipinski definition) is 2. The van der Waals surface area contributed by atoms with E-state index < -0.39 is 5.60 Å². The maximum Gasteiger partial charge on any atom is 0.407 e. The van der Waals surface area contributed by atoms with Crippen LogP contribution in [-0.2, 0) is 4.74 Å². The molecule has 0 aromatic heterocycles. The predicted octanol–water partition coefficient (Wildman–Crippen LogP) is 4.43. The molecule has 0 aliphatic heterocycles. The molecule has 142 valence electrons. The average molecular weight is 351 g/mol. The van der Waals surface area contributed by atoms with E-state index in [4.69, 9.17) is 9.47 Å². The number of alkyl carbamates (subject to hydrolysis) is 1. The third-order valence-corrected chi connectivity index (χ3v) is 3.71. The van der Waals surface area contributed by atoms with Gasteiger partial charge in [-0.1, -0.05) is 25.5 Å². The number of carbonyl (C=O) groups is 1. The minimum absolute atomic E-state index is 0.188. The second-order valence-corrected chi connectivity index (χ2v) is 7.26. The van der Waals surface area contributed by atoms with Crippen molar-refractivity contribution in [1.82, 2.24) is 10.6 Å². The van der Waals surface area contributed by atoms with Gasteiger partial charge < -0.3 is 20.1 Å². The van der Waals surface area contributed by atoms with Crippen molar-refractivity contribution in [2.24, 2.45) is 0 Å². The molecule has 2 N–H and O–H groups in total. The zero-order valence-corrected chi connectivity index (χ0v) is 16.5. The molecule has 1 amide bonds. The van der Waals surface area contributed by atoms with Crippen LogP contribution in [0.1, 0.15) is 66.0 Å². The second-order valence-electron chi connectivity index (χ2n) is 7.26. The molecule has 0 aliphatic rings. The van der Waals surface area contributed by atoms with Crippen molar-refractivity contribution < 1.29 is 14.3 Å². The van der Waals surface area contributed by atoms with E-state index in [0.29, 0.717) is 13.2 Å². The Bertz CT molecular complexity index is 509. The van der Waals surface area contributed by atoms with E-state index in [1.165, 1.54) is 5.56 Å². The largest absolute Gasteiger partial charge is 0.494 e. The summed E-state index contributed by atoms with van der Waals surface area (Å²) in [5.41, 5.74) is 0.717. The van der Waals surface area contributed by atoms with Gasteiger partial charge in [0, 0.05) is 18.6 Å². The highest BCUT2D eigenvalue weighted by Crippen LogP contribution is 2.18. The third-order valence-electron chi connectivity index (χ3n) is 3.71. The van der Waals surface area contributed by atoms with Gasteiger partial charge in [0.1, 0.15) is 11.4 Å². The third kappa shape index (κ3) is 8.77. The van der Waals surface area contributed by atoms with E-state index in [1.807, 2.05) is 39.8 Å². The summed E-state index contributed by atoms with van der Waals surface area (Å²) in [5.74, 6) is 0.884. The maximum absolute atomic E-state index is 11.8. The second kappa shape index (κ2) is 10.3. The van der Waals surface area contributed by atoms with Gasteiger partial charge in [0.15, 0.2) is 0 Å². The van der Waals surface area contributed by atoms with E-state index in [0.717, 1.165) is 18.6 Å². The van der Waals surface area contributed by atoms with Crippen LogP contribution in [0.15, 0.2) is 24.3 Å². The lowest BCUT2D eigenvalue weighted by Crippen LogP contribution is -2.43. The first-order chi connectivity index (χ1) is 11.7. The SMILES string of the molecule is CCCC(CNC(=O)OC(C)(C)C)NC(C)c1ccc(OCC)cc1. The van der Waals surface area contributed by atoms with Crippen LogP contribution in [-0.4, -0.2) is 30.9 Å². The Morgan fingerprint density at radius 1 is 1.16 bits per heavy atom. The van der Waals surface area contributed by atoms with Crippen molar-refractivity contribution in [3.63, 3.8) is 0 Å². The Morgan fingerprint density at radius 2 is 1.80 bits per heavy atom. The van der Waals surface area contributed by atoms with Gasteiger partial charge in [-0.25, -0.2) is 4.79 Å². The summed E-state index contributed by atoms with van der Waals surface area (Å²) < 4.78 is 10.8. The predicted molar refractivity (Wildman–Crippen MR) is 102 cm³/mol. The molecular weight excluding hydrogens is 316 g/mol. The lowest BCUT2D eigenvalue weighted by atomic mass is 10.1. The molecule has 0 heterocycles. The lowest BCUT2D eigenvalue weighted by Gasteiger charge is -2.25. The standard InChI is InChI=1S/C20H34N2O3/c1-7-9-17(14-21-19(23)25-20(4,5)6)22-15(3)16-10-12-18(13-11-16)24-8-2/h10-13,15,17,22H,7-9,14H2,1-6H3,(H,21,23). The van der Waals surface area contributed by atoms with Crippen molar-refractivity contribution in [1.29, 1.82) is 0 Å². The number of ether oxygens (including phenoxy) is 2. The highest BCUT2D eigenvalue weighted by molar-refractivity contribution is 5.67. The summed E-state index contributed by atoms with van der Waals surface area (Å²) >= 11 is 0.